The van der Waals surface area contributed by atoms with E-state index in [0.717, 1.165) is 17.8 Å². The van der Waals surface area contributed by atoms with Gasteiger partial charge in [-0.05, 0) is 30.0 Å². The van der Waals surface area contributed by atoms with E-state index < -0.39 is 0 Å². The Bertz CT molecular complexity index is 258. The average molecular weight is 227 g/mol. The molecule has 2 heterocycles. The molecule has 0 aliphatic carbocycles. The van der Waals surface area contributed by atoms with Gasteiger partial charge in [0, 0.05) is 22.7 Å². The molecule has 0 aromatic carbocycles. The summed E-state index contributed by atoms with van der Waals surface area (Å²) >= 11 is 3.95. The summed E-state index contributed by atoms with van der Waals surface area (Å²) < 4.78 is 0. The summed E-state index contributed by atoms with van der Waals surface area (Å²) in [7, 11) is 0. The fourth-order valence-electron chi connectivity index (χ4n) is 1.84. The van der Waals surface area contributed by atoms with E-state index in [1.165, 1.54) is 23.5 Å². The Morgan fingerprint density at radius 1 is 1.57 bits per heavy atom. The van der Waals surface area contributed by atoms with Crippen molar-refractivity contribution in [2.24, 2.45) is 0 Å². The summed E-state index contributed by atoms with van der Waals surface area (Å²) in [6, 6.07) is 5.05. The minimum atomic E-state index is 0.718. The van der Waals surface area contributed by atoms with Gasteiger partial charge < -0.3 is 5.32 Å². The Labute approximate surface area is 94.3 Å². The van der Waals surface area contributed by atoms with Gasteiger partial charge >= 0.3 is 0 Å². The summed E-state index contributed by atoms with van der Waals surface area (Å²) in [6.45, 7) is 3.39. The van der Waals surface area contributed by atoms with Gasteiger partial charge in [0.25, 0.3) is 0 Å². The maximum Gasteiger partial charge on any atom is 0.0302 e. The summed E-state index contributed by atoms with van der Waals surface area (Å²) in [6.07, 6.45) is 2.72. The molecule has 3 heteroatoms. The van der Waals surface area contributed by atoms with Crippen molar-refractivity contribution >= 4 is 23.1 Å². The second-order valence-corrected chi connectivity index (χ2v) is 6.30. The van der Waals surface area contributed by atoms with E-state index in [0.29, 0.717) is 0 Å². The zero-order chi connectivity index (χ0) is 9.80. The van der Waals surface area contributed by atoms with Crippen molar-refractivity contribution in [3.63, 3.8) is 0 Å². The van der Waals surface area contributed by atoms with Crippen LogP contribution < -0.4 is 5.32 Å². The number of nitrogens with one attached hydrogen (secondary N) is 1. The summed E-state index contributed by atoms with van der Waals surface area (Å²) in [4.78, 5) is 1.45. The van der Waals surface area contributed by atoms with Gasteiger partial charge in [-0.15, -0.1) is 11.3 Å². The molecule has 1 nitrogen and oxygen atoms in total. The number of hydrogen-bond acceptors (Lipinski definition) is 3. The van der Waals surface area contributed by atoms with Crippen LogP contribution in [0.3, 0.4) is 0 Å². The molecule has 1 saturated heterocycles. The maximum absolute atomic E-state index is 3.66. The molecular formula is C11H17NS2. The Morgan fingerprint density at radius 3 is 3.21 bits per heavy atom. The van der Waals surface area contributed by atoms with Crippen LogP contribution in [0.5, 0.6) is 0 Å². The predicted octanol–water partition coefficient (Wildman–Crippen LogP) is 3.12. The molecule has 0 spiro atoms. The van der Waals surface area contributed by atoms with E-state index in [9.17, 15) is 0 Å². The largest absolute Gasteiger partial charge is 0.308 e. The number of hydrogen-bond donors (Lipinski definition) is 1. The SMILES string of the molecule is CC1SCCCC1NCc1cccs1. The van der Waals surface area contributed by atoms with E-state index in [4.69, 9.17) is 0 Å². The van der Waals surface area contributed by atoms with Crippen molar-refractivity contribution in [2.45, 2.75) is 37.6 Å². The van der Waals surface area contributed by atoms with Crippen LogP contribution >= 0.6 is 23.1 Å². The van der Waals surface area contributed by atoms with Gasteiger partial charge in [-0.3, -0.25) is 0 Å². The lowest BCUT2D eigenvalue weighted by Gasteiger charge is -2.29. The maximum atomic E-state index is 3.66. The van der Waals surface area contributed by atoms with Gasteiger partial charge in [-0.25, -0.2) is 0 Å². The van der Waals surface area contributed by atoms with Crippen LogP contribution in [0, 0.1) is 0 Å². The molecule has 0 bridgehead atoms. The van der Waals surface area contributed by atoms with E-state index in [1.54, 1.807) is 0 Å². The molecule has 2 unspecified atom stereocenters. The molecule has 1 aromatic rings. The van der Waals surface area contributed by atoms with Crippen molar-refractivity contribution < 1.29 is 0 Å². The van der Waals surface area contributed by atoms with Crippen LogP contribution in [0.1, 0.15) is 24.6 Å². The number of thiophene rings is 1. The molecule has 14 heavy (non-hydrogen) atoms. The third-order valence-corrected chi connectivity index (χ3v) is 4.98. The first-order valence-corrected chi connectivity index (χ1v) is 7.16. The summed E-state index contributed by atoms with van der Waals surface area (Å²) in [5.74, 6) is 1.35. The van der Waals surface area contributed by atoms with E-state index >= 15 is 0 Å². The molecule has 0 radical (unpaired) electrons. The quantitative estimate of drug-likeness (QED) is 0.851. The minimum Gasteiger partial charge on any atom is -0.308 e. The normalized spacial score (nSPS) is 27.8. The highest BCUT2D eigenvalue weighted by atomic mass is 32.2. The Hall–Kier alpha value is 0.01000. The third-order valence-electron chi connectivity index (χ3n) is 2.73. The van der Waals surface area contributed by atoms with Gasteiger partial charge in [0.15, 0.2) is 0 Å². The first-order chi connectivity index (χ1) is 6.86. The third kappa shape index (κ3) is 2.75. The zero-order valence-electron chi connectivity index (χ0n) is 8.53. The van der Waals surface area contributed by atoms with Crippen LogP contribution in [0.15, 0.2) is 17.5 Å². The average Bonchev–Trinajstić information content (AvgIpc) is 2.69. The lowest BCUT2D eigenvalue weighted by molar-refractivity contribution is 0.464. The van der Waals surface area contributed by atoms with Crippen LogP contribution in [-0.2, 0) is 6.54 Å². The summed E-state index contributed by atoms with van der Waals surface area (Å²) in [5.41, 5.74) is 0. The lowest BCUT2D eigenvalue weighted by atomic mass is 10.1. The molecule has 2 atom stereocenters. The Balaban J connectivity index is 1.79. The standard InChI is InChI=1S/C11H17NS2/c1-9-11(5-3-6-13-9)12-8-10-4-2-7-14-10/h2,4,7,9,11-12H,3,5-6,8H2,1H3. The highest BCUT2D eigenvalue weighted by Crippen LogP contribution is 2.25. The summed E-state index contributed by atoms with van der Waals surface area (Å²) in [5, 5.41) is 6.59. The second-order valence-electron chi connectivity index (χ2n) is 3.78. The fourth-order valence-corrected chi connectivity index (χ4v) is 3.66. The Morgan fingerprint density at radius 2 is 2.50 bits per heavy atom. The topological polar surface area (TPSA) is 12.0 Å². The lowest BCUT2D eigenvalue weighted by Crippen LogP contribution is -2.38. The number of rotatable bonds is 3. The Kier molecular flexibility index (Phi) is 3.90. The van der Waals surface area contributed by atoms with E-state index in [1.807, 2.05) is 11.3 Å². The van der Waals surface area contributed by atoms with E-state index in [2.05, 4.69) is 41.5 Å². The monoisotopic (exact) mass is 227 g/mol. The van der Waals surface area contributed by atoms with Crippen molar-refractivity contribution in [3.8, 4) is 0 Å². The first kappa shape index (κ1) is 10.5. The van der Waals surface area contributed by atoms with Gasteiger partial charge in [0.1, 0.15) is 0 Å². The molecule has 78 valence electrons. The van der Waals surface area contributed by atoms with Gasteiger partial charge in [-0.1, -0.05) is 13.0 Å². The molecule has 1 aliphatic rings. The van der Waals surface area contributed by atoms with E-state index in [-0.39, 0.29) is 0 Å². The molecule has 0 saturated carbocycles. The fraction of sp³-hybridized carbons (Fsp3) is 0.636. The molecule has 0 amide bonds. The van der Waals surface area contributed by atoms with Gasteiger partial charge in [0.2, 0.25) is 0 Å². The smallest absolute Gasteiger partial charge is 0.0302 e. The number of thioether (sulfide) groups is 1. The van der Waals surface area contributed by atoms with Crippen molar-refractivity contribution in [1.29, 1.82) is 0 Å². The first-order valence-electron chi connectivity index (χ1n) is 5.23. The van der Waals surface area contributed by atoms with Crippen LogP contribution in [-0.4, -0.2) is 17.0 Å². The van der Waals surface area contributed by atoms with Gasteiger partial charge in [-0.2, -0.15) is 11.8 Å². The molecule has 1 aromatic heterocycles. The molecule has 2 rings (SSSR count). The molecular weight excluding hydrogens is 210 g/mol. The highest BCUT2D eigenvalue weighted by Gasteiger charge is 2.20. The van der Waals surface area contributed by atoms with Crippen molar-refractivity contribution in [2.75, 3.05) is 5.75 Å². The minimum absolute atomic E-state index is 0.718. The van der Waals surface area contributed by atoms with Crippen molar-refractivity contribution in [1.82, 2.24) is 5.32 Å². The van der Waals surface area contributed by atoms with Gasteiger partial charge in [0.05, 0.1) is 0 Å². The molecule has 1 aliphatic heterocycles. The van der Waals surface area contributed by atoms with Crippen LogP contribution in [0.25, 0.3) is 0 Å². The van der Waals surface area contributed by atoms with Crippen LogP contribution in [0.2, 0.25) is 0 Å². The zero-order valence-corrected chi connectivity index (χ0v) is 10.2. The van der Waals surface area contributed by atoms with Crippen molar-refractivity contribution in [3.05, 3.63) is 22.4 Å². The molecule has 1 fully saturated rings. The molecule has 1 N–H and O–H groups in total. The van der Waals surface area contributed by atoms with Crippen LogP contribution in [0.4, 0.5) is 0 Å². The highest BCUT2D eigenvalue weighted by molar-refractivity contribution is 7.99. The second kappa shape index (κ2) is 5.19. The predicted molar refractivity (Wildman–Crippen MR) is 66.1 cm³/mol.